The highest BCUT2D eigenvalue weighted by Crippen LogP contribution is 2.24. The fraction of sp³-hybridized carbons (Fsp3) is 0.722. The Morgan fingerprint density at radius 1 is 1.17 bits per heavy atom. The van der Waals surface area contributed by atoms with Crippen molar-refractivity contribution in [3.05, 3.63) is 12.4 Å². The standard InChI is InChI=1S/C18H29N5O3.3ClH/c1-26-16(24)6-12-22-10-4-14(5-11-22)17(25)21-18-20-9-13-23(18)15-2-7-19-8-3-15;;;/h9,13-15,19H,2-8,10-12H2,1H3,(H,20,21,25);3*1H. The molecule has 2 N–H and O–H groups in total. The minimum absolute atomic E-state index is 0. The van der Waals surface area contributed by atoms with Crippen LogP contribution >= 0.6 is 37.2 Å². The monoisotopic (exact) mass is 471 g/mol. The lowest BCUT2D eigenvalue weighted by Crippen LogP contribution is -2.39. The summed E-state index contributed by atoms with van der Waals surface area (Å²) in [7, 11) is 1.41. The first-order valence-corrected chi connectivity index (χ1v) is 9.51. The number of nitrogens with one attached hydrogen (secondary N) is 2. The van der Waals surface area contributed by atoms with Crippen molar-refractivity contribution >= 4 is 55.0 Å². The number of carbonyl (C=O) groups excluding carboxylic acids is 2. The number of hydrogen-bond donors (Lipinski definition) is 2. The number of anilines is 1. The number of carbonyl (C=O) groups is 2. The van der Waals surface area contributed by atoms with E-state index in [1.54, 1.807) is 6.20 Å². The van der Waals surface area contributed by atoms with Crippen molar-refractivity contribution in [1.82, 2.24) is 19.8 Å². The van der Waals surface area contributed by atoms with Gasteiger partial charge >= 0.3 is 5.97 Å². The van der Waals surface area contributed by atoms with Crippen LogP contribution in [-0.2, 0) is 14.3 Å². The molecular weight excluding hydrogens is 441 g/mol. The Kier molecular flexibility index (Phi) is 13.5. The van der Waals surface area contributed by atoms with Crippen LogP contribution in [0.15, 0.2) is 12.4 Å². The molecule has 0 aliphatic carbocycles. The summed E-state index contributed by atoms with van der Waals surface area (Å²) in [5.41, 5.74) is 0. The third kappa shape index (κ3) is 7.94. The van der Waals surface area contributed by atoms with E-state index in [4.69, 9.17) is 0 Å². The number of esters is 1. The SMILES string of the molecule is COC(=O)CCN1CCC(C(=O)Nc2nccn2C2CCNCC2)CC1.Cl.Cl.Cl. The summed E-state index contributed by atoms with van der Waals surface area (Å²) in [5.74, 6) is 0.534. The minimum Gasteiger partial charge on any atom is -0.469 e. The maximum Gasteiger partial charge on any atom is 0.306 e. The highest BCUT2D eigenvalue weighted by Gasteiger charge is 2.27. The molecule has 0 bridgehead atoms. The normalized spacial score (nSPS) is 18.0. The van der Waals surface area contributed by atoms with Crippen molar-refractivity contribution in [3.8, 4) is 0 Å². The average molecular weight is 473 g/mol. The van der Waals surface area contributed by atoms with Crippen molar-refractivity contribution < 1.29 is 14.3 Å². The van der Waals surface area contributed by atoms with Gasteiger partial charge in [-0.3, -0.25) is 14.9 Å². The van der Waals surface area contributed by atoms with Gasteiger partial charge < -0.3 is 19.5 Å². The molecule has 3 heterocycles. The number of methoxy groups -OCH3 is 1. The Hall–Kier alpha value is -1.06. The summed E-state index contributed by atoms with van der Waals surface area (Å²) in [4.78, 5) is 30.5. The number of likely N-dealkylation sites (tertiary alicyclic amines) is 1. The molecule has 0 unspecified atom stereocenters. The van der Waals surface area contributed by atoms with Crippen LogP contribution in [0, 0.1) is 5.92 Å². The minimum atomic E-state index is -0.186. The second kappa shape index (κ2) is 14.0. The Bertz CT molecular complexity index is 618. The zero-order valence-electron chi connectivity index (χ0n) is 16.7. The third-order valence-electron chi connectivity index (χ3n) is 5.42. The second-order valence-corrected chi connectivity index (χ2v) is 7.07. The maximum absolute atomic E-state index is 12.7. The van der Waals surface area contributed by atoms with Gasteiger partial charge in [0, 0.05) is 30.9 Å². The van der Waals surface area contributed by atoms with Gasteiger partial charge in [-0.05, 0) is 51.9 Å². The van der Waals surface area contributed by atoms with Crippen LogP contribution in [-0.4, -0.2) is 66.2 Å². The third-order valence-corrected chi connectivity index (χ3v) is 5.42. The smallest absolute Gasteiger partial charge is 0.306 e. The van der Waals surface area contributed by atoms with Crippen LogP contribution in [0.2, 0.25) is 0 Å². The molecule has 0 atom stereocenters. The number of imidazole rings is 1. The van der Waals surface area contributed by atoms with E-state index in [-0.39, 0.29) is 55.0 Å². The van der Waals surface area contributed by atoms with Gasteiger partial charge in [-0.25, -0.2) is 4.98 Å². The van der Waals surface area contributed by atoms with Gasteiger partial charge in [0.2, 0.25) is 11.9 Å². The predicted molar refractivity (Wildman–Crippen MR) is 120 cm³/mol. The lowest BCUT2D eigenvalue weighted by molar-refractivity contribution is -0.141. The number of ether oxygens (including phenoxy) is 1. The van der Waals surface area contributed by atoms with E-state index in [9.17, 15) is 9.59 Å². The molecule has 1 amide bonds. The van der Waals surface area contributed by atoms with Crippen LogP contribution in [0.3, 0.4) is 0 Å². The van der Waals surface area contributed by atoms with Gasteiger partial charge in [-0.15, -0.1) is 37.2 Å². The summed E-state index contributed by atoms with van der Waals surface area (Å²) in [6.07, 6.45) is 7.84. The van der Waals surface area contributed by atoms with E-state index in [1.807, 2.05) is 6.20 Å². The fourth-order valence-corrected chi connectivity index (χ4v) is 3.77. The Labute approximate surface area is 190 Å². The summed E-state index contributed by atoms with van der Waals surface area (Å²) >= 11 is 0. The van der Waals surface area contributed by atoms with E-state index in [2.05, 4.69) is 29.8 Å². The largest absolute Gasteiger partial charge is 0.469 e. The predicted octanol–water partition coefficient (Wildman–Crippen LogP) is 2.29. The molecule has 2 fully saturated rings. The molecule has 8 nitrogen and oxygen atoms in total. The van der Waals surface area contributed by atoms with Crippen molar-refractivity contribution in [1.29, 1.82) is 0 Å². The Balaban J connectivity index is 0.00000261. The first kappa shape index (κ1) is 27.9. The molecule has 11 heteroatoms. The molecule has 2 saturated heterocycles. The van der Waals surface area contributed by atoms with E-state index in [0.717, 1.165) is 51.9 Å². The van der Waals surface area contributed by atoms with Crippen LogP contribution in [0.1, 0.15) is 38.1 Å². The van der Waals surface area contributed by atoms with Crippen LogP contribution in [0.5, 0.6) is 0 Å². The van der Waals surface area contributed by atoms with Gasteiger partial charge in [0.05, 0.1) is 13.5 Å². The number of piperidine rings is 2. The van der Waals surface area contributed by atoms with Crippen molar-refractivity contribution in [2.45, 2.75) is 38.1 Å². The van der Waals surface area contributed by atoms with Crippen LogP contribution in [0.25, 0.3) is 0 Å². The van der Waals surface area contributed by atoms with Gasteiger partial charge in [0.25, 0.3) is 0 Å². The molecular formula is C18H32Cl3N5O3. The maximum atomic E-state index is 12.7. The molecule has 1 aromatic rings. The molecule has 0 radical (unpaired) electrons. The summed E-state index contributed by atoms with van der Waals surface area (Å²) < 4.78 is 6.78. The lowest BCUT2D eigenvalue weighted by Gasteiger charge is -2.31. The summed E-state index contributed by atoms with van der Waals surface area (Å²) in [6.45, 7) is 4.36. The second-order valence-electron chi connectivity index (χ2n) is 7.07. The highest BCUT2D eigenvalue weighted by molar-refractivity contribution is 5.91. The molecule has 3 rings (SSSR count). The Morgan fingerprint density at radius 3 is 2.45 bits per heavy atom. The summed E-state index contributed by atoms with van der Waals surface area (Å²) in [5, 5.41) is 6.39. The van der Waals surface area contributed by atoms with E-state index in [0.29, 0.717) is 25.0 Å². The number of nitrogens with zero attached hydrogens (tertiary/aromatic N) is 3. The van der Waals surface area contributed by atoms with E-state index >= 15 is 0 Å². The molecule has 2 aliphatic rings. The van der Waals surface area contributed by atoms with E-state index < -0.39 is 0 Å². The number of amides is 1. The lowest BCUT2D eigenvalue weighted by atomic mass is 9.96. The molecule has 0 saturated carbocycles. The van der Waals surface area contributed by atoms with Crippen LogP contribution < -0.4 is 10.6 Å². The molecule has 2 aliphatic heterocycles. The quantitative estimate of drug-likeness (QED) is 0.618. The van der Waals surface area contributed by atoms with Crippen molar-refractivity contribution in [2.75, 3.05) is 45.2 Å². The molecule has 168 valence electrons. The summed E-state index contributed by atoms with van der Waals surface area (Å²) in [6, 6.07) is 0.397. The number of aromatic nitrogens is 2. The van der Waals surface area contributed by atoms with Crippen LogP contribution in [0.4, 0.5) is 5.95 Å². The first-order valence-electron chi connectivity index (χ1n) is 9.51. The zero-order valence-corrected chi connectivity index (χ0v) is 19.1. The fourth-order valence-electron chi connectivity index (χ4n) is 3.77. The molecule has 1 aromatic heterocycles. The van der Waals surface area contributed by atoms with Crippen molar-refractivity contribution in [3.63, 3.8) is 0 Å². The molecule has 29 heavy (non-hydrogen) atoms. The van der Waals surface area contributed by atoms with Gasteiger partial charge in [0.1, 0.15) is 0 Å². The van der Waals surface area contributed by atoms with Crippen molar-refractivity contribution in [2.24, 2.45) is 5.92 Å². The molecule has 0 spiro atoms. The average Bonchev–Trinajstić information content (AvgIpc) is 3.15. The van der Waals surface area contributed by atoms with Gasteiger partial charge in [-0.2, -0.15) is 0 Å². The molecule has 0 aromatic carbocycles. The zero-order chi connectivity index (χ0) is 18.4. The number of hydrogen-bond acceptors (Lipinski definition) is 6. The Morgan fingerprint density at radius 2 is 1.83 bits per heavy atom. The van der Waals surface area contributed by atoms with E-state index in [1.165, 1.54) is 7.11 Å². The highest BCUT2D eigenvalue weighted by atomic mass is 35.5. The number of rotatable bonds is 6. The topological polar surface area (TPSA) is 88.5 Å². The number of halogens is 3. The first-order chi connectivity index (χ1) is 12.7. The van der Waals surface area contributed by atoms with Gasteiger partial charge in [0.15, 0.2) is 0 Å². The van der Waals surface area contributed by atoms with Gasteiger partial charge in [-0.1, -0.05) is 0 Å².